The van der Waals surface area contributed by atoms with E-state index < -0.39 is 35.1 Å². The second-order valence-corrected chi connectivity index (χ2v) is 7.38. The van der Waals surface area contributed by atoms with Crippen LogP contribution in [-0.4, -0.2) is 30.7 Å². The Morgan fingerprint density at radius 1 is 1.31 bits per heavy atom. The summed E-state index contributed by atoms with van der Waals surface area (Å²) in [6.45, 7) is 1.71. The van der Waals surface area contributed by atoms with Crippen molar-refractivity contribution in [3.05, 3.63) is 58.3 Å². The third-order valence-electron chi connectivity index (χ3n) is 5.74. The molecule has 0 aromatic heterocycles. The van der Waals surface area contributed by atoms with Gasteiger partial charge in [-0.1, -0.05) is 24.3 Å². The molecule has 7 nitrogen and oxygen atoms in total. The summed E-state index contributed by atoms with van der Waals surface area (Å²) in [6.07, 6.45) is -3.76. The Balaban J connectivity index is 2.25. The monoisotopic (exact) mass is 441 g/mol. The molecular weight excluding hydrogens is 423 g/mol. The van der Waals surface area contributed by atoms with Crippen LogP contribution in [0.15, 0.2) is 47.2 Å². The van der Waals surface area contributed by atoms with Crippen molar-refractivity contribution < 1.29 is 22.7 Å². The summed E-state index contributed by atoms with van der Waals surface area (Å²) in [5.74, 6) is -1.81. The van der Waals surface area contributed by atoms with Crippen LogP contribution in [0.1, 0.15) is 24.0 Å². The predicted octanol–water partition coefficient (Wildman–Crippen LogP) is 3.59. The molecule has 3 rings (SSSR count). The average molecular weight is 441 g/mol. The highest BCUT2D eigenvalue weighted by atomic mass is 19.4. The highest BCUT2D eigenvalue weighted by Gasteiger charge is 2.53. The zero-order chi connectivity index (χ0) is 23.7. The van der Waals surface area contributed by atoms with E-state index in [-0.39, 0.29) is 42.1 Å². The van der Waals surface area contributed by atoms with Gasteiger partial charge in [-0.15, -0.1) is 0 Å². The normalized spacial score (nSPS) is 22.0. The molecule has 1 aliphatic heterocycles. The lowest BCUT2D eigenvalue weighted by atomic mass is 9.60. The minimum atomic E-state index is -4.61. The molecule has 2 aliphatic rings. The number of carbonyl (C=O) groups excluding carboxylic acids is 1. The van der Waals surface area contributed by atoms with E-state index in [4.69, 9.17) is 10.5 Å². The number of nitrogens with two attached hydrogens (primary N) is 1. The minimum absolute atomic E-state index is 0.0280. The fourth-order valence-electron chi connectivity index (χ4n) is 4.29. The number of rotatable bonds is 2. The Morgan fingerprint density at radius 2 is 2.00 bits per heavy atom. The van der Waals surface area contributed by atoms with E-state index in [0.717, 1.165) is 12.1 Å². The van der Waals surface area contributed by atoms with Crippen LogP contribution in [0.3, 0.4) is 0 Å². The molecule has 0 fully saturated rings. The maximum atomic E-state index is 13.3. The molecular formula is C22H18F3N5O2. The first-order valence-corrected chi connectivity index (χ1v) is 9.66. The molecule has 0 radical (unpaired) electrons. The van der Waals surface area contributed by atoms with Gasteiger partial charge >= 0.3 is 12.3 Å². The molecule has 164 valence electrons. The number of ether oxygens (including phenoxy) is 1. The predicted molar refractivity (Wildman–Crippen MR) is 105 cm³/mol. The van der Waals surface area contributed by atoms with E-state index >= 15 is 0 Å². The Bertz CT molecular complexity index is 1120. The fraction of sp³-hybridized carbons (Fsp3) is 0.364. The fourth-order valence-corrected chi connectivity index (χ4v) is 4.29. The molecule has 1 aromatic carbocycles. The summed E-state index contributed by atoms with van der Waals surface area (Å²) in [5, 5.41) is 29.5. The maximum Gasteiger partial charge on any atom is 0.416 e. The second-order valence-electron chi connectivity index (χ2n) is 7.38. The van der Waals surface area contributed by atoms with E-state index in [1.54, 1.807) is 6.92 Å². The smallest absolute Gasteiger partial charge is 0.416 e. The average Bonchev–Trinajstić information content (AvgIpc) is 2.78. The van der Waals surface area contributed by atoms with E-state index in [1.807, 2.05) is 18.2 Å². The second kappa shape index (κ2) is 8.28. The van der Waals surface area contributed by atoms with Crippen LogP contribution < -0.4 is 5.73 Å². The van der Waals surface area contributed by atoms with Crippen LogP contribution in [0, 0.1) is 45.3 Å². The van der Waals surface area contributed by atoms with E-state index in [1.165, 1.54) is 23.1 Å². The number of halogens is 3. The molecule has 0 unspecified atom stereocenters. The van der Waals surface area contributed by atoms with Gasteiger partial charge in [0.25, 0.3) is 0 Å². The highest BCUT2D eigenvalue weighted by Crippen LogP contribution is 2.53. The first kappa shape index (κ1) is 22.7. The van der Waals surface area contributed by atoms with Crippen molar-refractivity contribution in [3.8, 4) is 18.2 Å². The first-order valence-electron chi connectivity index (χ1n) is 9.66. The lowest BCUT2D eigenvalue weighted by molar-refractivity contribution is -0.137. The van der Waals surface area contributed by atoms with Crippen molar-refractivity contribution in [1.29, 1.82) is 15.8 Å². The van der Waals surface area contributed by atoms with Crippen molar-refractivity contribution in [2.24, 2.45) is 17.1 Å². The van der Waals surface area contributed by atoms with Crippen molar-refractivity contribution in [1.82, 2.24) is 4.90 Å². The topological polar surface area (TPSA) is 127 Å². The zero-order valence-electron chi connectivity index (χ0n) is 17.0. The zero-order valence-corrected chi connectivity index (χ0v) is 17.0. The quantitative estimate of drug-likeness (QED) is 0.699. The van der Waals surface area contributed by atoms with Gasteiger partial charge in [0.05, 0.1) is 41.6 Å². The van der Waals surface area contributed by atoms with Gasteiger partial charge in [0, 0.05) is 24.9 Å². The number of nitrogens with zero attached hydrogens (tertiary/aromatic N) is 4. The lowest BCUT2D eigenvalue weighted by Gasteiger charge is -2.44. The van der Waals surface area contributed by atoms with Crippen LogP contribution >= 0.6 is 0 Å². The summed E-state index contributed by atoms with van der Waals surface area (Å²) < 4.78 is 45.0. The Kier molecular flexibility index (Phi) is 5.88. The van der Waals surface area contributed by atoms with Crippen LogP contribution in [0.25, 0.3) is 0 Å². The van der Waals surface area contributed by atoms with Gasteiger partial charge in [-0.05, 0) is 24.1 Å². The molecule has 0 saturated heterocycles. The number of amides is 1. The summed E-state index contributed by atoms with van der Waals surface area (Å²) >= 11 is 0. The Morgan fingerprint density at radius 3 is 2.56 bits per heavy atom. The lowest BCUT2D eigenvalue weighted by Crippen LogP contribution is -2.48. The van der Waals surface area contributed by atoms with E-state index in [9.17, 15) is 33.8 Å². The van der Waals surface area contributed by atoms with Gasteiger partial charge in [0.1, 0.15) is 0 Å². The highest BCUT2D eigenvalue weighted by molar-refractivity contribution is 5.69. The number of carbonyl (C=O) groups is 1. The number of hydrogen-bond donors (Lipinski definition) is 1. The standard InChI is InChI=1S/C22H18F3N5O2/c1-2-32-20(31)30-7-6-17-16(10-30)18(13-4-3-5-14(8-13)22(23,24)25)15(9-26)19(29)21(17,11-27)12-28/h3-6,8,16,18H,2,7,10,29H2,1H3/t16-,18+/m0/s1. The first-order chi connectivity index (χ1) is 15.1. The summed E-state index contributed by atoms with van der Waals surface area (Å²) in [4.78, 5) is 13.6. The summed E-state index contributed by atoms with van der Waals surface area (Å²) in [7, 11) is 0. The van der Waals surface area contributed by atoms with Gasteiger partial charge in [0.2, 0.25) is 5.41 Å². The number of nitriles is 3. The molecule has 2 atom stereocenters. The molecule has 2 N–H and O–H groups in total. The van der Waals surface area contributed by atoms with E-state index in [0.29, 0.717) is 0 Å². The number of alkyl halides is 3. The van der Waals surface area contributed by atoms with Crippen LogP contribution in [0.5, 0.6) is 0 Å². The third kappa shape index (κ3) is 3.52. The molecule has 32 heavy (non-hydrogen) atoms. The van der Waals surface area contributed by atoms with Crippen molar-refractivity contribution in [3.63, 3.8) is 0 Å². The molecule has 0 spiro atoms. The van der Waals surface area contributed by atoms with Gasteiger partial charge in [-0.2, -0.15) is 29.0 Å². The minimum Gasteiger partial charge on any atom is -0.450 e. The summed E-state index contributed by atoms with van der Waals surface area (Å²) in [5.41, 5.74) is 3.21. The molecule has 1 aromatic rings. The molecule has 1 heterocycles. The molecule has 0 saturated carbocycles. The van der Waals surface area contributed by atoms with Gasteiger partial charge < -0.3 is 15.4 Å². The molecule has 1 aliphatic carbocycles. The summed E-state index contributed by atoms with van der Waals surface area (Å²) in [6, 6.07) is 10.1. The maximum absolute atomic E-state index is 13.3. The Labute approximate surface area is 182 Å². The number of allylic oxidation sites excluding steroid dienone is 2. The van der Waals surface area contributed by atoms with Crippen LogP contribution in [-0.2, 0) is 10.9 Å². The SMILES string of the molecule is CCOC(=O)N1CC=C2[C@H](C1)[C@H](c1cccc(C(F)(F)F)c1)C(C#N)=C(N)C2(C#N)C#N. The van der Waals surface area contributed by atoms with Gasteiger partial charge in [0.15, 0.2) is 0 Å². The van der Waals surface area contributed by atoms with Gasteiger partial charge in [-0.25, -0.2) is 4.79 Å². The van der Waals surface area contributed by atoms with Crippen molar-refractivity contribution in [2.75, 3.05) is 19.7 Å². The molecule has 10 heteroatoms. The van der Waals surface area contributed by atoms with Crippen molar-refractivity contribution in [2.45, 2.75) is 19.0 Å². The molecule has 1 amide bonds. The van der Waals surface area contributed by atoms with Gasteiger partial charge in [-0.3, -0.25) is 0 Å². The van der Waals surface area contributed by atoms with Crippen LogP contribution in [0.2, 0.25) is 0 Å². The van der Waals surface area contributed by atoms with E-state index in [2.05, 4.69) is 0 Å². The van der Waals surface area contributed by atoms with Crippen molar-refractivity contribution >= 4 is 6.09 Å². The third-order valence-corrected chi connectivity index (χ3v) is 5.74. The number of fused-ring (bicyclic) bond motifs is 1. The largest absolute Gasteiger partial charge is 0.450 e. The number of benzene rings is 1. The molecule has 0 bridgehead atoms. The van der Waals surface area contributed by atoms with Crippen LogP contribution in [0.4, 0.5) is 18.0 Å². The Hall–Kier alpha value is -3.97. The number of hydrogen-bond acceptors (Lipinski definition) is 6.